The van der Waals surface area contributed by atoms with Crippen LogP contribution in [-0.4, -0.2) is 19.5 Å². The number of carbonyl (C=O) groups is 1. The lowest BCUT2D eigenvalue weighted by molar-refractivity contribution is 0.0921. The summed E-state index contributed by atoms with van der Waals surface area (Å²) in [6, 6.07) is 10.8. The van der Waals surface area contributed by atoms with Crippen molar-refractivity contribution in [1.29, 1.82) is 0 Å². The van der Waals surface area contributed by atoms with E-state index in [9.17, 15) is 4.79 Å². The first-order valence-electron chi connectivity index (χ1n) is 6.57. The summed E-state index contributed by atoms with van der Waals surface area (Å²) in [6.45, 7) is 3.96. The second-order valence-corrected chi connectivity index (χ2v) is 5.29. The number of aryl methyl sites for hydroxylation is 2. The third kappa shape index (κ3) is 3.99. The highest BCUT2D eigenvalue weighted by atomic mass is 35.5. The summed E-state index contributed by atoms with van der Waals surface area (Å²) in [5.74, 6) is 1.11. The molecule has 0 saturated carbocycles. The highest BCUT2D eigenvalue weighted by Crippen LogP contribution is 2.25. The van der Waals surface area contributed by atoms with Crippen LogP contribution < -0.4 is 9.47 Å². The number of Topliss-reactive ketones (excluding diaryl/α,β-unsaturated/α-hetero) is 1. The van der Waals surface area contributed by atoms with E-state index in [0.29, 0.717) is 22.1 Å². The minimum Gasteiger partial charge on any atom is -0.495 e. The summed E-state index contributed by atoms with van der Waals surface area (Å²) in [7, 11) is 1.53. The number of rotatable bonds is 5. The van der Waals surface area contributed by atoms with Crippen LogP contribution in [0.4, 0.5) is 0 Å². The zero-order chi connectivity index (χ0) is 15.4. The molecule has 3 nitrogen and oxygen atoms in total. The molecule has 0 amide bonds. The minimum atomic E-state index is -0.126. The standard InChI is InChI=1S/C17H17ClO3/c1-11-6-12(2)8-14(7-11)21-10-16(19)13-4-5-17(20-3)15(18)9-13/h4-9H,10H2,1-3H3. The third-order valence-electron chi connectivity index (χ3n) is 3.04. The number of hydrogen-bond acceptors (Lipinski definition) is 3. The van der Waals surface area contributed by atoms with Gasteiger partial charge in [0.1, 0.15) is 11.5 Å². The van der Waals surface area contributed by atoms with E-state index in [-0.39, 0.29) is 12.4 Å². The van der Waals surface area contributed by atoms with Gasteiger partial charge in [-0.15, -0.1) is 0 Å². The van der Waals surface area contributed by atoms with Gasteiger partial charge in [0, 0.05) is 5.56 Å². The van der Waals surface area contributed by atoms with Gasteiger partial charge in [-0.3, -0.25) is 4.79 Å². The maximum atomic E-state index is 12.1. The molecule has 0 fully saturated rings. The van der Waals surface area contributed by atoms with Crippen molar-refractivity contribution in [3.63, 3.8) is 0 Å². The van der Waals surface area contributed by atoms with Gasteiger partial charge >= 0.3 is 0 Å². The van der Waals surface area contributed by atoms with E-state index in [1.165, 1.54) is 7.11 Å². The predicted molar refractivity (Wildman–Crippen MR) is 83.7 cm³/mol. The molecular formula is C17H17ClO3. The van der Waals surface area contributed by atoms with Crippen molar-refractivity contribution < 1.29 is 14.3 Å². The third-order valence-corrected chi connectivity index (χ3v) is 3.33. The van der Waals surface area contributed by atoms with Crippen LogP contribution in [0.2, 0.25) is 5.02 Å². The molecule has 0 aliphatic carbocycles. The Labute approximate surface area is 129 Å². The molecule has 2 aromatic rings. The van der Waals surface area contributed by atoms with E-state index in [0.717, 1.165) is 11.1 Å². The van der Waals surface area contributed by atoms with Crippen molar-refractivity contribution in [3.05, 3.63) is 58.1 Å². The number of benzene rings is 2. The number of hydrogen-bond donors (Lipinski definition) is 0. The number of ether oxygens (including phenoxy) is 2. The van der Waals surface area contributed by atoms with Crippen LogP contribution in [-0.2, 0) is 0 Å². The fraction of sp³-hybridized carbons (Fsp3) is 0.235. The molecule has 0 aliphatic heterocycles. The summed E-state index contributed by atoms with van der Waals surface area (Å²) >= 11 is 6.01. The largest absolute Gasteiger partial charge is 0.495 e. The summed E-state index contributed by atoms with van der Waals surface area (Å²) in [5.41, 5.74) is 2.71. The molecule has 0 bridgehead atoms. The van der Waals surface area contributed by atoms with Crippen molar-refractivity contribution in [1.82, 2.24) is 0 Å². The first kappa shape index (κ1) is 15.4. The monoisotopic (exact) mass is 304 g/mol. The molecule has 0 aliphatic rings. The first-order valence-corrected chi connectivity index (χ1v) is 6.95. The van der Waals surface area contributed by atoms with E-state index >= 15 is 0 Å². The molecule has 2 rings (SSSR count). The van der Waals surface area contributed by atoms with Crippen LogP contribution in [0, 0.1) is 13.8 Å². The van der Waals surface area contributed by atoms with Gasteiger partial charge in [-0.2, -0.15) is 0 Å². The molecule has 110 valence electrons. The lowest BCUT2D eigenvalue weighted by Crippen LogP contribution is -2.11. The number of halogens is 1. The van der Waals surface area contributed by atoms with Gasteiger partial charge in [-0.1, -0.05) is 17.7 Å². The van der Waals surface area contributed by atoms with Gasteiger partial charge in [-0.05, 0) is 55.3 Å². The molecule has 0 atom stereocenters. The molecule has 0 radical (unpaired) electrons. The highest BCUT2D eigenvalue weighted by molar-refractivity contribution is 6.32. The molecular weight excluding hydrogens is 288 g/mol. The van der Waals surface area contributed by atoms with Crippen LogP contribution >= 0.6 is 11.6 Å². The van der Waals surface area contributed by atoms with Gasteiger partial charge in [0.15, 0.2) is 12.4 Å². The topological polar surface area (TPSA) is 35.5 Å². The van der Waals surface area contributed by atoms with Gasteiger partial charge < -0.3 is 9.47 Å². The summed E-state index contributed by atoms with van der Waals surface area (Å²) in [5, 5.41) is 0.412. The fourth-order valence-corrected chi connectivity index (χ4v) is 2.35. The number of carbonyl (C=O) groups excluding carboxylic acids is 1. The average molecular weight is 305 g/mol. The normalized spacial score (nSPS) is 10.3. The van der Waals surface area contributed by atoms with E-state index in [2.05, 4.69) is 6.07 Å². The predicted octanol–water partition coefficient (Wildman–Crippen LogP) is 4.23. The van der Waals surface area contributed by atoms with Crippen molar-refractivity contribution in [3.8, 4) is 11.5 Å². The molecule has 0 heterocycles. The van der Waals surface area contributed by atoms with E-state index in [1.54, 1.807) is 18.2 Å². The lowest BCUT2D eigenvalue weighted by atomic mass is 10.1. The summed E-state index contributed by atoms with van der Waals surface area (Å²) in [4.78, 5) is 12.1. The van der Waals surface area contributed by atoms with Crippen molar-refractivity contribution >= 4 is 17.4 Å². The van der Waals surface area contributed by atoms with Crippen LogP contribution in [0.15, 0.2) is 36.4 Å². The highest BCUT2D eigenvalue weighted by Gasteiger charge is 2.10. The Kier molecular flexibility index (Phi) is 4.86. The van der Waals surface area contributed by atoms with Crippen molar-refractivity contribution in [2.45, 2.75) is 13.8 Å². The van der Waals surface area contributed by atoms with E-state index < -0.39 is 0 Å². The Bertz CT molecular complexity index is 645. The first-order chi connectivity index (χ1) is 9.99. The van der Waals surface area contributed by atoms with Gasteiger partial charge in [0.2, 0.25) is 0 Å². The number of methoxy groups -OCH3 is 1. The van der Waals surface area contributed by atoms with Crippen molar-refractivity contribution in [2.75, 3.05) is 13.7 Å². The summed E-state index contributed by atoms with van der Waals surface area (Å²) in [6.07, 6.45) is 0. The Morgan fingerprint density at radius 3 is 2.33 bits per heavy atom. The summed E-state index contributed by atoms with van der Waals surface area (Å²) < 4.78 is 10.6. The molecule has 21 heavy (non-hydrogen) atoms. The Hall–Kier alpha value is -2.00. The molecule has 0 unspecified atom stereocenters. The minimum absolute atomic E-state index is 0.0223. The zero-order valence-corrected chi connectivity index (χ0v) is 13.0. The Balaban J connectivity index is 2.06. The van der Waals surface area contributed by atoms with Crippen LogP contribution in [0.3, 0.4) is 0 Å². The van der Waals surface area contributed by atoms with Gasteiger partial charge in [0.05, 0.1) is 12.1 Å². The van der Waals surface area contributed by atoms with Gasteiger partial charge in [-0.25, -0.2) is 0 Å². The second kappa shape index (κ2) is 6.64. The molecule has 0 saturated heterocycles. The molecule has 4 heteroatoms. The molecule has 0 N–H and O–H groups in total. The molecule has 0 aromatic heterocycles. The van der Waals surface area contributed by atoms with Crippen LogP contribution in [0.5, 0.6) is 11.5 Å². The zero-order valence-electron chi connectivity index (χ0n) is 12.3. The second-order valence-electron chi connectivity index (χ2n) is 4.88. The SMILES string of the molecule is COc1ccc(C(=O)COc2cc(C)cc(C)c2)cc1Cl. The Morgan fingerprint density at radius 1 is 1.10 bits per heavy atom. The lowest BCUT2D eigenvalue weighted by Gasteiger charge is -2.09. The Morgan fingerprint density at radius 2 is 1.76 bits per heavy atom. The average Bonchev–Trinajstić information content (AvgIpc) is 2.43. The maximum Gasteiger partial charge on any atom is 0.200 e. The molecule has 2 aromatic carbocycles. The maximum absolute atomic E-state index is 12.1. The van der Waals surface area contributed by atoms with Crippen LogP contribution in [0.25, 0.3) is 0 Å². The van der Waals surface area contributed by atoms with E-state index in [4.69, 9.17) is 21.1 Å². The quantitative estimate of drug-likeness (QED) is 0.776. The fourth-order valence-electron chi connectivity index (χ4n) is 2.09. The molecule has 0 spiro atoms. The number of ketones is 1. The van der Waals surface area contributed by atoms with Gasteiger partial charge in [0.25, 0.3) is 0 Å². The van der Waals surface area contributed by atoms with Crippen LogP contribution in [0.1, 0.15) is 21.5 Å². The smallest absolute Gasteiger partial charge is 0.200 e. The van der Waals surface area contributed by atoms with Crippen molar-refractivity contribution in [2.24, 2.45) is 0 Å². The van der Waals surface area contributed by atoms with E-state index in [1.807, 2.05) is 26.0 Å².